The Kier molecular flexibility index (Phi) is 10.4. The van der Waals surface area contributed by atoms with Crippen LogP contribution in [0, 0.1) is 11.3 Å². The minimum Gasteiger partial charge on any atom is -0.492 e. The molecule has 0 radical (unpaired) electrons. The fourth-order valence-corrected chi connectivity index (χ4v) is 2.44. The summed E-state index contributed by atoms with van der Waals surface area (Å²) in [6, 6.07) is 5.39. The summed E-state index contributed by atoms with van der Waals surface area (Å²) in [6.07, 6.45) is 9.53. The summed E-state index contributed by atoms with van der Waals surface area (Å²) in [5.41, 5.74) is 0.854. The van der Waals surface area contributed by atoms with E-state index in [-0.39, 0.29) is 0 Å². The first-order valence-corrected chi connectivity index (χ1v) is 9.05. The van der Waals surface area contributed by atoms with Crippen LogP contribution in [0.5, 0.6) is 11.5 Å². The first-order chi connectivity index (χ1) is 11.8. The maximum atomic E-state index is 11.1. The van der Waals surface area contributed by atoms with Crippen molar-refractivity contribution in [2.45, 2.75) is 65.2 Å². The van der Waals surface area contributed by atoms with E-state index in [0.29, 0.717) is 35.8 Å². The van der Waals surface area contributed by atoms with Gasteiger partial charge in [0, 0.05) is 5.56 Å². The number of hydrogen-bond acceptors (Lipinski definition) is 4. The molecule has 0 saturated carbocycles. The molecule has 0 heterocycles. The molecular formula is C20H29NO3. The van der Waals surface area contributed by atoms with Gasteiger partial charge in [-0.1, -0.05) is 52.4 Å². The van der Waals surface area contributed by atoms with Crippen molar-refractivity contribution in [2.75, 3.05) is 13.2 Å². The predicted octanol–water partition coefficient (Wildman–Crippen LogP) is 5.29. The van der Waals surface area contributed by atoms with E-state index in [9.17, 15) is 10.1 Å². The van der Waals surface area contributed by atoms with Gasteiger partial charge in [0.15, 0.2) is 0 Å². The van der Waals surface area contributed by atoms with Gasteiger partial charge in [0.05, 0.1) is 13.2 Å². The number of carbonyl (C=O) groups is 1. The van der Waals surface area contributed by atoms with Crippen LogP contribution in [0.1, 0.15) is 81.1 Å². The largest absolute Gasteiger partial charge is 0.492 e. The maximum Gasteiger partial charge on any atom is 0.150 e. The van der Waals surface area contributed by atoms with Gasteiger partial charge in [0.25, 0.3) is 0 Å². The zero-order valence-electron chi connectivity index (χ0n) is 15.0. The SMILES string of the molecule is CCCCCCOc1cc(C=O)cc(OCCCCCC)c1C#N. The molecule has 1 aromatic carbocycles. The van der Waals surface area contributed by atoms with Crippen molar-refractivity contribution in [2.24, 2.45) is 0 Å². The summed E-state index contributed by atoms with van der Waals surface area (Å²) in [6.45, 7) is 5.42. The standard InChI is InChI=1S/C20H29NO3/c1-3-5-7-9-11-23-19-13-17(16-22)14-20(18(19)15-21)24-12-10-8-6-4-2/h13-14,16H,3-12H2,1-2H3. The molecule has 0 spiro atoms. The second-order valence-electron chi connectivity index (χ2n) is 5.94. The number of aldehydes is 1. The number of ether oxygens (including phenoxy) is 2. The Morgan fingerprint density at radius 1 is 0.917 bits per heavy atom. The van der Waals surface area contributed by atoms with Gasteiger partial charge in [-0.3, -0.25) is 4.79 Å². The zero-order chi connectivity index (χ0) is 17.6. The Morgan fingerprint density at radius 2 is 1.42 bits per heavy atom. The summed E-state index contributed by atoms with van der Waals surface area (Å²) in [7, 11) is 0. The number of rotatable bonds is 13. The smallest absolute Gasteiger partial charge is 0.150 e. The van der Waals surface area contributed by atoms with Gasteiger partial charge in [-0.05, 0) is 25.0 Å². The van der Waals surface area contributed by atoms with E-state index in [1.54, 1.807) is 12.1 Å². The van der Waals surface area contributed by atoms with Crippen LogP contribution in [0.4, 0.5) is 0 Å². The van der Waals surface area contributed by atoms with Crippen LogP contribution in [-0.2, 0) is 0 Å². The minimum absolute atomic E-state index is 0.381. The van der Waals surface area contributed by atoms with E-state index < -0.39 is 0 Å². The number of nitriles is 1. The monoisotopic (exact) mass is 331 g/mol. The summed E-state index contributed by atoms with van der Waals surface area (Å²) in [5.74, 6) is 0.893. The van der Waals surface area contributed by atoms with Crippen molar-refractivity contribution in [1.82, 2.24) is 0 Å². The molecule has 0 aliphatic carbocycles. The molecular weight excluding hydrogens is 302 g/mol. The molecule has 0 amide bonds. The second-order valence-corrected chi connectivity index (χ2v) is 5.94. The Balaban J connectivity index is 2.73. The van der Waals surface area contributed by atoms with Crippen LogP contribution < -0.4 is 9.47 Å². The Morgan fingerprint density at radius 3 is 1.79 bits per heavy atom. The van der Waals surface area contributed by atoms with E-state index >= 15 is 0 Å². The lowest BCUT2D eigenvalue weighted by Crippen LogP contribution is -2.04. The molecule has 0 aliphatic rings. The summed E-state index contributed by atoms with van der Waals surface area (Å²) in [4.78, 5) is 11.1. The van der Waals surface area contributed by atoms with Gasteiger partial charge in [0.1, 0.15) is 29.4 Å². The Labute approximate surface area is 145 Å². The van der Waals surface area contributed by atoms with E-state index in [1.165, 1.54) is 25.7 Å². The predicted molar refractivity (Wildman–Crippen MR) is 95.8 cm³/mol. The number of benzene rings is 1. The van der Waals surface area contributed by atoms with Gasteiger partial charge in [-0.15, -0.1) is 0 Å². The molecule has 132 valence electrons. The molecule has 0 aliphatic heterocycles. The van der Waals surface area contributed by atoms with Crippen LogP contribution in [0.3, 0.4) is 0 Å². The fourth-order valence-electron chi connectivity index (χ4n) is 2.44. The third-order valence-corrected chi connectivity index (χ3v) is 3.85. The van der Waals surface area contributed by atoms with Crippen molar-refractivity contribution in [3.05, 3.63) is 23.3 Å². The molecule has 0 aromatic heterocycles. The topological polar surface area (TPSA) is 59.3 Å². The highest BCUT2D eigenvalue weighted by atomic mass is 16.5. The normalized spacial score (nSPS) is 10.2. The molecule has 0 N–H and O–H groups in total. The lowest BCUT2D eigenvalue weighted by atomic mass is 10.1. The molecule has 1 aromatic rings. The zero-order valence-corrected chi connectivity index (χ0v) is 15.0. The van der Waals surface area contributed by atoms with E-state index in [0.717, 1.165) is 32.0 Å². The molecule has 0 unspecified atom stereocenters. The van der Waals surface area contributed by atoms with Crippen molar-refractivity contribution in [1.29, 1.82) is 5.26 Å². The van der Waals surface area contributed by atoms with Crippen LogP contribution in [0.2, 0.25) is 0 Å². The molecule has 0 bridgehead atoms. The summed E-state index contributed by atoms with van der Waals surface area (Å²) >= 11 is 0. The molecule has 4 heteroatoms. The first-order valence-electron chi connectivity index (χ1n) is 9.05. The number of unbranched alkanes of at least 4 members (excludes halogenated alkanes) is 6. The van der Waals surface area contributed by atoms with Crippen molar-refractivity contribution in [3.8, 4) is 17.6 Å². The molecule has 24 heavy (non-hydrogen) atoms. The highest BCUT2D eigenvalue weighted by molar-refractivity contribution is 5.78. The molecule has 4 nitrogen and oxygen atoms in total. The van der Waals surface area contributed by atoms with E-state index in [2.05, 4.69) is 19.9 Å². The van der Waals surface area contributed by atoms with Gasteiger partial charge < -0.3 is 9.47 Å². The van der Waals surface area contributed by atoms with Gasteiger partial charge in [0.2, 0.25) is 0 Å². The van der Waals surface area contributed by atoms with Crippen LogP contribution in [-0.4, -0.2) is 19.5 Å². The molecule has 0 fully saturated rings. The fraction of sp³-hybridized carbons (Fsp3) is 0.600. The maximum absolute atomic E-state index is 11.1. The van der Waals surface area contributed by atoms with Crippen LogP contribution >= 0.6 is 0 Å². The van der Waals surface area contributed by atoms with Crippen molar-refractivity contribution >= 4 is 6.29 Å². The van der Waals surface area contributed by atoms with Crippen molar-refractivity contribution in [3.63, 3.8) is 0 Å². The Hall–Kier alpha value is -2.02. The van der Waals surface area contributed by atoms with Gasteiger partial charge >= 0.3 is 0 Å². The average Bonchev–Trinajstić information content (AvgIpc) is 2.61. The molecule has 0 saturated heterocycles. The first kappa shape index (κ1) is 20.0. The van der Waals surface area contributed by atoms with E-state index in [1.807, 2.05) is 0 Å². The van der Waals surface area contributed by atoms with Crippen LogP contribution in [0.25, 0.3) is 0 Å². The van der Waals surface area contributed by atoms with Gasteiger partial charge in [-0.25, -0.2) is 0 Å². The molecule has 0 atom stereocenters. The summed E-state index contributed by atoms with van der Waals surface area (Å²) < 4.78 is 11.5. The lowest BCUT2D eigenvalue weighted by molar-refractivity contribution is 0.112. The average molecular weight is 331 g/mol. The number of hydrogen-bond donors (Lipinski definition) is 0. The third kappa shape index (κ3) is 7.04. The Bertz CT molecular complexity index is 499. The highest BCUT2D eigenvalue weighted by Gasteiger charge is 2.13. The third-order valence-electron chi connectivity index (χ3n) is 3.85. The quantitative estimate of drug-likeness (QED) is 0.364. The van der Waals surface area contributed by atoms with Gasteiger partial charge in [-0.2, -0.15) is 5.26 Å². The van der Waals surface area contributed by atoms with Crippen molar-refractivity contribution < 1.29 is 14.3 Å². The highest BCUT2D eigenvalue weighted by Crippen LogP contribution is 2.30. The number of carbonyl (C=O) groups excluding carboxylic acids is 1. The lowest BCUT2D eigenvalue weighted by Gasteiger charge is -2.13. The number of nitrogens with zero attached hydrogens (tertiary/aromatic N) is 1. The van der Waals surface area contributed by atoms with Crippen LogP contribution in [0.15, 0.2) is 12.1 Å². The molecule has 1 rings (SSSR count). The summed E-state index contributed by atoms with van der Waals surface area (Å²) in [5, 5.41) is 9.45. The van der Waals surface area contributed by atoms with E-state index in [4.69, 9.17) is 9.47 Å². The second kappa shape index (κ2) is 12.4. The minimum atomic E-state index is 0.381.